The van der Waals surface area contributed by atoms with Crippen LogP contribution in [0.1, 0.15) is 16.1 Å². The van der Waals surface area contributed by atoms with Crippen LogP contribution >= 0.6 is 11.6 Å². The molecular weight excluding hydrogens is 226 g/mol. The van der Waals surface area contributed by atoms with Crippen molar-refractivity contribution in [2.45, 2.75) is 6.92 Å². The number of benzene rings is 1. The molecule has 0 atom stereocenters. The highest BCUT2D eigenvalue weighted by molar-refractivity contribution is 6.30. The van der Waals surface area contributed by atoms with Crippen LogP contribution in [0, 0.1) is 6.92 Å². The van der Waals surface area contributed by atoms with Crippen LogP contribution in [-0.4, -0.2) is 15.6 Å². The third-order valence-electron chi connectivity index (χ3n) is 2.40. The molecule has 1 heterocycles. The van der Waals surface area contributed by atoms with Gasteiger partial charge in [-0.25, -0.2) is 4.79 Å². The second-order valence-corrected chi connectivity index (χ2v) is 3.94. The van der Waals surface area contributed by atoms with Crippen molar-refractivity contribution in [2.24, 2.45) is 0 Å². The van der Waals surface area contributed by atoms with Gasteiger partial charge in [0, 0.05) is 11.2 Å². The van der Waals surface area contributed by atoms with Gasteiger partial charge in [-0.2, -0.15) is 0 Å². The van der Waals surface area contributed by atoms with Crippen LogP contribution in [-0.2, 0) is 0 Å². The summed E-state index contributed by atoms with van der Waals surface area (Å²) in [5.74, 6) is -0.954. The van der Waals surface area contributed by atoms with E-state index in [0.29, 0.717) is 5.02 Å². The van der Waals surface area contributed by atoms with Gasteiger partial charge in [-0.1, -0.05) is 17.7 Å². The van der Waals surface area contributed by atoms with E-state index in [1.54, 1.807) is 35.0 Å². The topological polar surface area (TPSA) is 42.2 Å². The molecule has 0 saturated heterocycles. The molecule has 82 valence electrons. The Morgan fingerprint density at radius 3 is 2.81 bits per heavy atom. The van der Waals surface area contributed by atoms with E-state index in [0.717, 1.165) is 11.3 Å². The molecule has 2 rings (SSSR count). The summed E-state index contributed by atoms with van der Waals surface area (Å²) in [5.41, 5.74) is 1.99. The number of carbonyl (C=O) groups is 1. The lowest BCUT2D eigenvalue weighted by Gasteiger charge is -2.10. The second kappa shape index (κ2) is 4.02. The van der Waals surface area contributed by atoms with Gasteiger partial charge in [0.15, 0.2) is 0 Å². The maximum Gasteiger partial charge on any atom is 0.352 e. The first-order valence-electron chi connectivity index (χ1n) is 4.77. The zero-order chi connectivity index (χ0) is 11.7. The van der Waals surface area contributed by atoms with Crippen molar-refractivity contribution in [1.82, 2.24) is 4.57 Å². The molecule has 0 unspecified atom stereocenters. The maximum absolute atomic E-state index is 11.0. The maximum atomic E-state index is 11.0. The summed E-state index contributed by atoms with van der Waals surface area (Å²) in [6.07, 6.45) is 1.71. The average Bonchev–Trinajstić information content (AvgIpc) is 2.70. The Morgan fingerprint density at radius 2 is 2.12 bits per heavy atom. The first-order chi connectivity index (χ1) is 7.59. The molecule has 0 bridgehead atoms. The summed E-state index contributed by atoms with van der Waals surface area (Å²) < 4.78 is 1.61. The fourth-order valence-electron chi connectivity index (χ4n) is 1.61. The lowest BCUT2D eigenvalue weighted by molar-refractivity contribution is 0.0688. The lowest BCUT2D eigenvalue weighted by Crippen LogP contribution is -2.06. The molecular formula is C12H10ClNO2. The minimum atomic E-state index is -0.954. The summed E-state index contributed by atoms with van der Waals surface area (Å²) in [6.45, 7) is 1.91. The standard InChI is InChI=1S/C12H10ClNO2/c1-8-4-5-9(13)7-11(8)14-6-2-3-10(14)12(15)16/h2-7H,1H3,(H,15,16). The number of aromatic nitrogens is 1. The molecule has 0 aliphatic heterocycles. The van der Waals surface area contributed by atoms with Gasteiger partial charge < -0.3 is 9.67 Å². The first kappa shape index (κ1) is 10.8. The molecule has 0 aliphatic carbocycles. The van der Waals surface area contributed by atoms with Gasteiger partial charge in [0.05, 0.1) is 5.69 Å². The molecule has 0 fully saturated rings. The molecule has 1 N–H and O–H groups in total. The highest BCUT2D eigenvalue weighted by Gasteiger charge is 2.11. The Kier molecular flexibility index (Phi) is 2.71. The number of nitrogens with zero attached hydrogens (tertiary/aromatic N) is 1. The van der Waals surface area contributed by atoms with Crippen molar-refractivity contribution < 1.29 is 9.90 Å². The number of halogens is 1. The number of carboxylic acids is 1. The molecule has 1 aromatic heterocycles. The third-order valence-corrected chi connectivity index (χ3v) is 2.63. The Balaban J connectivity index is 2.62. The summed E-state index contributed by atoms with van der Waals surface area (Å²) >= 11 is 5.90. The van der Waals surface area contributed by atoms with Crippen molar-refractivity contribution in [1.29, 1.82) is 0 Å². The minimum absolute atomic E-state index is 0.227. The molecule has 3 nitrogen and oxygen atoms in total. The first-order valence-corrected chi connectivity index (χ1v) is 5.14. The second-order valence-electron chi connectivity index (χ2n) is 3.50. The fraction of sp³-hybridized carbons (Fsp3) is 0.0833. The summed E-state index contributed by atoms with van der Waals surface area (Å²) in [5, 5.41) is 9.61. The predicted octanol–water partition coefficient (Wildman–Crippen LogP) is 3.14. The minimum Gasteiger partial charge on any atom is -0.477 e. The summed E-state index contributed by atoms with van der Waals surface area (Å²) in [7, 11) is 0. The highest BCUT2D eigenvalue weighted by atomic mass is 35.5. The molecule has 0 aliphatic rings. The fourth-order valence-corrected chi connectivity index (χ4v) is 1.77. The van der Waals surface area contributed by atoms with Crippen molar-refractivity contribution in [3.05, 3.63) is 52.8 Å². The number of aromatic carboxylic acids is 1. The molecule has 16 heavy (non-hydrogen) atoms. The monoisotopic (exact) mass is 235 g/mol. The van der Waals surface area contributed by atoms with Crippen LogP contribution in [0.15, 0.2) is 36.5 Å². The SMILES string of the molecule is Cc1ccc(Cl)cc1-n1cccc1C(=O)O. The van der Waals surface area contributed by atoms with E-state index in [-0.39, 0.29) is 5.69 Å². The largest absolute Gasteiger partial charge is 0.477 e. The summed E-state index contributed by atoms with van der Waals surface area (Å²) in [4.78, 5) is 11.0. The molecule has 4 heteroatoms. The molecule has 0 saturated carbocycles. The number of hydrogen-bond acceptors (Lipinski definition) is 1. The van der Waals surface area contributed by atoms with Crippen LogP contribution < -0.4 is 0 Å². The zero-order valence-corrected chi connectivity index (χ0v) is 9.40. The van der Waals surface area contributed by atoms with Gasteiger partial charge >= 0.3 is 5.97 Å². The average molecular weight is 236 g/mol. The Hall–Kier alpha value is -1.74. The third kappa shape index (κ3) is 1.82. The van der Waals surface area contributed by atoms with Crippen molar-refractivity contribution in [2.75, 3.05) is 0 Å². The highest BCUT2D eigenvalue weighted by Crippen LogP contribution is 2.21. The number of carboxylic acid groups (broad SMARTS) is 1. The zero-order valence-electron chi connectivity index (χ0n) is 8.64. The number of aryl methyl sites for hydroxylation is 1. The Morgan fingerprint density at radius 1 is 1.38 bits per heavy atom. The van der Waals surface area contributed by atoms with Gasteiger partial charge in [-0.05, 0) is 36.8 Å². The molecule has 1 aromatic carbocycles. The smallest absolute Gasteiger partial charge is 0.352 e. The molecule has 2 aromatic rings. The van der Waals surface area contributed by atoms with Gasteiger partial charge in [0.1, 0.15) is 5.69 Å². The number of hydrogen-bond donors (Lipinski definition) is 1. The van der Waals surface area contributed by atoms with Crippen LogP contribution in [0.3, 0.4) is 0 Å². The Labute approximate surface area is 97.9 Å². The number of rotatable bonds is 2. The van der Waals surface area contributed by atoms with Gasteiger partial charge in [-0.3, -0.25) is 0 Å². The predicted molar refractivity (Wildman–Crippen MR) is 62.5 cm³/mol. The van der Waals surface area contributed by atoms with E-state index in [1.807, 2.05) is 13.0 Å². The lowest BCUT2D eigenvalue weighted by atomic mass is 10.2. The van der Waals surface area contributed by atoms with Gasteiger partial charge in [0.2, 0.25) is 0 Å². The molecule has 0 amide bonds. The van der Waals surface area contributed by atoms with Crippen molar-refractivity contribution in [3.63, 3.8) is 0 Å². The molecule has 0 spiro atoms. The quantitative estimate of drug-likeness (QED) is 0.869. The normalized spacial score (nSPS) is 10.4. The summed E-state index contributed by atoms with van der Waals surface area (Å²) in [6, 6.07) is 8.66. The van der Waals surface area contributed by atoms with E-state index in [1.165, 1.54) is 0 Å². The van der Waals surface area contributed by atoms with Crippen LogP contribution in [0.5, 0.6) is 0 Å². The van der Waals surface area contributed by atoms with Gasteiger partial charge in [0.25, 0.3) is 0 Å². The van der Waals surface area contributed by atoms with Gasteiger partial charge in [-0.15, -0.1) is 0 Å². The Bertz CT molecular complexity index is 546. The van der Waals surface area contributed by atoms with E-state index < -0.39 is 5.97 Å². The van der Waals surface area contributed by atoms with Crippen LogP contribution in [0.25, 0.3) is 5.69 Å². The van der Waals surface area contributed by atoms with E-state index in [2.05, 4.69) is 0 Å². The van der Waals surface area contributed by atoms with E-state index in [4.69, 9.17) is 16.7 Å². The van der Waals surface area contributed by atoms with Crippen LogP contribution in [0.4, 0.5) is 0 Å². The molecule has 0 radical (unpaired) electrons. The van der Waals surface area contributed by atoms with Crippen LogP contribution in [0.2, 0.25) is 5.02 Å². The van der Waals surface area contributed by atoms with Crippen molar-refractivity contribution >= 4 is 17.6 Å². The van der Waals surface area contributed by atoms with E-state index in [9.17, 15) is 4.79 Å². The van der Waals surface area contributed by atoms with Crippen molar-refractivity contribution in [3.8, 4) is 5.69 Å². The van der Waals surface area contributed by atoms with E-state index >= 15 is 0 Å².